The van der Waals surface area contributed by atoms with Crippen LogP contribution in [0.25, 0.3) is 0 Å². The Labute approximate surface area is 232 Å². The van der Waals surface area contributed by atoms with E-state index < -0.39 is 11.7 Å². The summed E-state index contributed by atoms with van der Waals surface area (Å²) in [5, 5.41) is 6.50. The summed E-state index contributed by atoms with van der Waals surface area (Å²) in [6, 6.07) is 9.40. The SMILES string of the molecule is C=C/C=C(CNC1=C(C(=S)Nc2ccccc2)C(=O)CN(C(=O)OC(C)(C)C)C1)\C(=C/C)OCCN(C)C. The molecule has 0 aliphatic carbocycles. The van der Waals surface area contributed by atoms with Gasteiger partial charge in [-0.2, -0.15) is 0 Å². The second kappa shape index (κ2) is 14.5. The lowest BCUT2D eigenvalue weighted by Gasteiger charge is -2.32. The van der Waals surface area contributed by atoms with Gasteiger partial charge in [0, 0.05) is 30.0 Å². The second-order valence-electron chi connectivity index (χ2n) is 10.0. The Balaban J connectivity index is 2.34. The quantitative estimate of drug-likeness (QED) is 0.238. The molecule has 0 saturated carbocycles. The molecule has 2 N–H and O–H groups in total. The molecule has 0 saturated heterocycles. The fourth-order valence-electron chi connectivity index (χ4n) is 3.60. The van der Waals surface area contributed by atoms with Crippen molar-refractivity contribution >= 4 is 34.8 Å². The zero-order chi connectivity index (χ0) is 28.3. The van der Waals surface area contributed by atoms with Crippen LogP contribution < -0.4 is 10.6 Å². The minimum Gasteiger partial charge on any atom is -0.492 e. The lowest BCUT2D eigenvalue weighted by atomic mass is 10.0. The van der Waals surface area contributed by atoms with E-state index >= 15 is 0 Å². The number of benzene rings is 1. The first kappa shape index (κ1) is 30.8. The zero-order valence-corrected chi connectivity index (χ0v) is 24.1. The lowest BCUT2D eigenvalue weighted by molar-refractivity contribution is -0.116. The van der Waals surface area contributed by atoms with Crippen LogP contribution in [0.5, 0.6) is 0 Å². The molecular weight excluding hydrogens is 500 g/mol. The van der Waals surface area contributed by atoms with Gasteiger partial charge in [-0.15, -0.1) is 0 Å². The number of ether oxygens (including phenoxy) is 2. The van der Waals surface area contributed by atoms with Gasteiger partial charge in [-0.05, 0) is 60.0 Å². The van der Waals surface area contributed by atoms with Crippen LogP contribution in [0.2, 0.25) is 0 Å². The number of ketones is 1. The van der Waals surface area contributed by atoms with Gasteiger partial charge in [0.25, 0.3) is 0 Å². The lowest BCUT2D eigenvalue weighted by Crippen LogP contribution is -2.48. The number of hydrogen-bond acceptors (Lipinski definition) is 7. The number of Topliss-reactive ketones (excluding diaryl/α,β-unsaturated/α-hetero) is 1. The molecule has 1 aliphatic heterocycles. The van der Waals surface area contributed by atoms with Crippen molar-refractivity contribution in [1.29, 1.82) is 0 Å². The van der Waals surface area contributed by atoms with E-state index in [0.29, 0.717) is 30.2 Å². The molecule has 0 bridgehead atoms. The molecule has 0 spiro atoms. The summed E-state index contributed by atoms with van der Waals surface area (Å²) in [5.41, 5.74) is 1.80. The molecule has 1 aliphatic rings. The van der Waals surface area contributed by atoms with Gasteiger partial charge in [0.1, 0.15) is 23.0 Å². The first-order chi connectivity index (χ1) is 17.9. The number of carbonyl (C=O) groups excluding carboxylic acids is 2. The number of rotatable bonds is 11. The van der Waals surface area contributed by atoms with Crippen LogP contribution in [0.1, 0.15) is 27.7 Å². The van der Waals surface area contributed by atoms with E-state index in [1.165, 1.54) is 4.90 Å². The fraction of sp³-hybridized carbons (Fsp3) is 0.414. The van der Waals surface area contributed by atoms with Crippen LogP contribution in [0, 0.1) is 0 Å². The van der Waals surface area contributed by atoms with Gasteiger partial charge in [0.05, 0.1) is 18.7 Å². The molecule has 1 aromatic carbocycles. The standard InChI is InChI=1S/C29H40N4O4S/c1-8-13-21(25(9-2)36-17-16-32(6)7)18-30-23-19-33(28(35)37-29(3,4)5)20-24(34)26(23)27(38)31-22-14-11-10-12-15-22/h8-15,30H,1,16-20H2,2-7H3,(H,31,38)/b21-13-,25-9+. The molecule has 206 valence electrons. The van der Waals surface area contributed by atoms with Crippen molar-refractivity contribution in [3.63, 3.8) is 0 Å². The molecule has 0 unspecified atom stereocenters. The number of allylic oxidation sites excluding steroid dienone is 3. The zero-order valence-electron chi connectivity index (χ0n) is 23.3. The van der Waals surface area contributed by atoms with Crippen molar-refractivity contribution in [2.24, 2.45) is 0 Å². The fourth-order valence-corrected chi connectivity index (χ4v) is 3.95. The molecule has 1 heterocycles. The topological polar surface area (TPSA) is 83.1 Å². The molecule has 9 heteroatoms. The number of anilines is 1. The van der Waals surface area contributed by atoms with E-state index in [9.17, 15) is 9.59 Å². The number of thiocarbonyl (C=S) groups is 1. The molecular formula is C29H40N4O4S. The summed E-state index contributed by atoms with van der Waals surface area (Å²) in [4.78, 5) is 29.9. The van der Waals surface area contributed by atoms with Gasteiger partial charge < -0.3 is 25.0 Å². The molecule has 0 radical (unpaired) electrons. The molecule has 8 nitrogen and oxygen atoms in total. The predicted octanol–water partition coefficient (Wildman–Crippen LogP) is 4.68. The number of nitrogens with one attached hydrogen (secondary N) is 2. The summed E-state index contributed by atoms with van der Waals surface area (Å²) in [6.45, 7) is 12.7. The molecule has 0 atom stereocenters. The Hall–Kier alpha value is -3.43. The highest BCUT2D eigenvalue weighted by Crippen LogP contribution is 2.21. The maximum Gasteiger partial charge on any atom is 0.411 e. The Kier molecular flexibility index (Phi) is 11.7. The Morgan fingerprint density at radius 3 is 2.47 bits per heavy atom. The van der Waals surface area contributed by atoms with Gasteiger partial charge in [-0.1, -0.05) is 49.1 Å². The summed E-state index contributed by atoms with van der Waals surface area (Å²) in [7, 11) is 3.97. The highest BCUT2D eigenvalue weighted by molar-refractivity contribution is 7.81. The average molecular weight is 541 g/mol. The minimum absolute atomic E-state index is 0.130. The number of para-hydroxylation sites is 1. The normalized spacial score (nSPS) is 14.9. The number of likely N-dealkylation sites (N-methyl/N-ethyl adjacent to an activating group) is 1. The van der Waals surface area contributed by atoms with E-state index in [-0.39, 0.29) is 23.9 Å². The predicted molar refractivity (Wildman–Crippen MR) is 157 cm³/mol. The van der Waals surface area contributed by atoms with Crippen molar-refractivity contribution in [3.05, 3.63) is 77.7 Å². The van der Waals surface area contributed by atoms with Crippen LogP contribution in [0.4, 0.5) is 10.5 Å². The third-order valence-electron chi connectivity index (χ3n) is 5.36. The number of amides is 1. The number of hydrogen-bond donors (Lipinski definition) is 2. The van der Waals surface area contributed by atoms with E-state index in [4.69, 9.17) is 21.7 Å². The number of nitrogens with zero attached hydrogens (tertiary/aromatic N) is 2. The first-order valence-corrected chi connectivity index (χ1v) is 13.0. The second-order valence-corrected chi connectivity index (χ2v) is 10.4. The van der Waals surface area contributed by atoms with Crippen LogP contribution >= 0.6 is 12.2 Å². The molecule has 0 fully saturated rings. The third-order valence-corrected chi connectivity index (χ3v) is 5.67. The Bertz CT molecular complexity index is 1100. The minimum atomic E-state index is -0.688. The summed E-state index contributed by atoms with van der Waals surface area (Å²) >= 11 is 5.65. The van der Waals surface area contributed by atoms with Gasteiger partial charge in [-0.25, -0.2) is 4.79 Å². The van der Waals surface area contributed by atoms with Crippen LogP contribution in [0.15, 0.2) is 77.7 Å². The van der Waals surface area contributed by atoms with Crippen LogP contribution in [-0.2, 0) is 14.3 Å². The van der Waals surface area contributed by atoms with Crippen molar-refractivity contribution in [2.75, 3.05) is 52.2 Å². The highest BCUT2D eigenvalue weighted by atomic mass is 32.1. The summed E-state index contributed by atoms with van der Waals surface area (Å²) in [5.74, 6) is 0.429. The van der Waals surface area contributed by atoms with E-state index in [0.717, 1.165) is 17.8 Å². The Morgan fingerprint density at radius 2 is 1.89 bits per heavy atom. The third kappa shape index (κ3) is 9.79. The van der Waals surface area contributed by atoms with Crippen LogP contribution in [-0.4, -0.2) is 79.1 Å². The maximum absolute atomic E-state index is 13.3. The smallest absolute Gasteiger partial charge is 0.411 e. The van der Waals surface area contributed by atoms with Gasteiger partial charge in [0.15, 0.2) is 5.78 Å². The van der Waals surface area contributed by atoms with Gasteiger partial charge in [0.2, 0.25) is 0 Å². The molecule has 1 aromatic rings. The molecule has 2 rings (SSSR count). The van der Waals surface area contributed by atoms with Gasteiger partial charge in [-0.3, -0.25) is 9.69 Å². The molecule has 38 heavy (non-hydrogen) atoms. The monoisotopic (exact) mass is 540 g/mol. The number of carbonyl (C=O) groups is 2. The van der Waals surface area contributed by atoms with Crippen molar-refractivity contribution in [2.45, 2.75) is 33.3 Å². The molecule has 1 amide bonds. The van der Waals surface area contributed by atoms with E-state index in [1.807, 2.05) is 68.4 Å². The highest BCUT2D eigenvalue weighted by Gasteiger charge is 2.33. The van der Waals surface area contributed by atoms with E-state index in [1.54, 1.807) is 26.8 Å². The summed E-state index contributed by atoms with van der Waals surface area (Å²) < 4.78 is 11.5. The van der Waals surface area contributed by atoms with Crippen LogP contribution in [0.3, 0.4) is 0 Å². The summed E-state index contributed by atoms with van der Waals surface area (Å²) in [6.07, 6.45) is 4.87. The van der Waals surface area contributed by atoms with Gasteiger partial charge >= 0.3 is 6.09 Å². The largest absolute Gasteiger partial charge is 0.492 e. The van der Waals surface area contributed by atoms with Crippen molar-refractivity contribution < 1.29 is 19.1 Å². The first-order valence-electron chi connectivity index (χ1n) is 12.6. The molecule has 0 aromatic heterocycles. The van der Waals surface area contributed by atoms with Crippen molar-refractivity contribution in [3.8, 4) is 0 Å². The Morgan fingerprint density at radius 1 is 1.21 bits per heavy atom. The average Bonchev–Trinajstić information content (AvgIpc) is 2.83. The van der Waals surface area contributed by atoms with Crippen molar-refractivity contribution in [1.82, 2.24) is 15.1 Å². The van der Waals surface area contributed by atoms with E-state index in [2.05, 4.69) is 17.2 Å². The maximum atomic E-state index is 13.3.